The predicted molar refractivity (Wildman–Crippen MR) is 70.9 cm³/mol. The number of aromatic amines is 1. The number of nitrogens with one attached hydrogen (secondary N) is 2. The maximum Gasteiger partial charge on any atom is 0.165 e. The molecule has 16 heavy (non-hydrogen) atoms. The van der Waals surface area contributed by atoms with Crippen molar-refractivity contribution in [3.05, 3.63) is 12.4 Å². The number of aromatic nitrogens is 2. The summed E-state index contributed by atoms with van der Waals surface area (Å²) in [4.78, 5) is 7.26. The smallest absolute Gasteiger partial charge is 0.165 e. The molecule has 1 aromatic rings. The average Bonchev–Trinajstić information content (AvgIpc) is 2.78. The average molecular weight is 241 g/mol. The van der Waals surface area contributed by atoms with Crippen LogP contribution in [0.15, 0.2) is 17.6 Å². The molecule has 0 bridgehead atoms. The number of hydrogen-bond acceptors (Lipinski definition) is 3. The lowest BCUT2D eigenvalue weighted by atomic mass is 10.1. The molecule has 1 rings (SSSR count). The van der Waals surface area contributed by atoms with E-state index >= 15 is 0 Å². The van der Waals surface area contributed by atoms with Gasteiger partial charge in [-0.05, 0) is 13.3 Å². The van der Waals surface area contributed by atoms with Gasteiger partial charge >= 0.3 is 0 Å². The van der Waals surface area contributed by atoms with Crippen molar-refractivity contribution >= 4 is 11.8 Å². The molecule has 1 atom stereocenters. The fraction of sp³-hybridized carbons (Fsp3) is 0.750. The van der Waals surface area contributed by atoms with Crippen molar-refractivity contribution in [1.29, 1.82) is 0 Å². The molecule has 0 aromatic carbocycles. The highest BCUT2D eigenvalue weighted by Crippen LogP contribution is 2.10. The Morgan fingerprint density at radius 2 is 2.38 bits per heavy atom. The zero-order valence-corrected chi connectivity index (χ0v) is 11.1. The van der Waals surface area contributed by atoms with Gasteiger partial charge < -0.3 is 10.3 Å². The van der Waals surface area contributed by atoms with Crippen LogP contribution in [0.3, 0.4) is 0 Å². The number of hydrogen-bond donors (Lipinski definition) is 2. The summed E-state index contributed by atoms with van der Waals surface area (Å²) in [6.07, 6.45) is 8.95. The quantitative estimate of drug-likeness (QED) is 0.516. The molecule has 1 unspecified atom stereocenters. The third kappa shape index (κ3) is 6.18. The Balaban J connectivity index is 1.94. The van der Waals surface area contributed by atoms with E-state index in [1.54, 1.807) is 18.0 Å². The molecular weight excluding hydrogens is 218 g/mol. The van der Waals surface area contributed by atoms with Crippen LogP contribution in [0.25, 0.3) is 0 Å². The molecule has 4 heteroatoms. The van der Waals surface area contributed by atoms with E-state index in [4.69, 9.17) is 0 Å². The Labute approximate surface area is 103 Å². The molecule has 0 aliphatic carbocycles. The second kappa shape index (κ2) is 8.65. The van der Waals surface area contributed by atoms with Crippen LogP contribution in [0.1, 0.15) is 39.5 Å². The summed E-state index contributed by atoms with van der Waals surface area (Å²) in [5.74, 6) is 1.08. The highest BCUT2D eigenvalue weighted by molar-refractivity contribution is 7.99. The first kappa shape index (κ1) is 13.6. The van der Waals surface area contributed by atoms with E-state index in [0.717, 1.165) is 17.5 Å². The van der Waals surface area contributed by atoms with Crippen molar-refractivity contribution < 1.29 is 0 Å². The zero-order valence-electron chi connectivity index (χ0n) is 10.3. The van der Waals surface area contributed by atoms with Gasteiger partial charge in [0.1, 0.15) is 0 Å². The summed E-state index contributed by atoms with van der Waals surface area (Å²) in [7, 11) is 0. The van der Waals surface area contributed by atoms with E-state index in [0.29, 0.717) is 6.04 Å². The fourth-order valence-corrected chi connectivity index (χ4v) is 2.29. The lowest BCUT2D eigenvalue weighted by molar-refractivity contribution is 0.502. The highest BCUT2D eigenvalue weighted by Gasteiger charge is 2.01. The van der Waals surface area contributed by atoms with Crippen LogP contribution < -0.4 is 5.32 Å². The third-order valence-electron chi connectivity index (χ3n) is 2.55. The van der Waals surface area contributed by atoms with Crippen molar-refractivity contribution in [3.63, 3.8) is 0 Å². The molecule has 2 N–H and O–H groups in total. The normalized spacial score (nSPS) is 12.9. The molecule has 92 valence electrons. The summed E-state index contributed by atoms with van der Waals surface area (Å²) in [5, 5.41) is 4.56. The van der Waals surface area contributed by atoms with Crippen LogP contribution in [0.2, 0.25) is 0 Å². The minimum Gasteiger partial charge on any atom is -0.340 e. The third-order valence-corrected chi connectivity index (χ3v) is 3.45. The number of nitrogens with zero attached hydrogens (tertiary/aromatic N) is 1. The van der Waals surface area contributed by atoms with Gasteiger partial charge in [0.15, 0.2) is 5.16 Å². The van der Waals surface area contributed by atoms with Gasteiger partial charge in [0.25, 0.3) is 0 Å². The van der Waals surface area contributed by atoms with Gasteiger partial charge in [-0.15, -0.1) is 0 Å². The van der Waals surface area contributed by atoms with Gasteiger partial charge in [-0.25, -0.2) is 4.98 Å². The molecule has 0 radical (unpaired) electrons. The van der Waals surface area contributed by atoms with E-state index in [-0.39, 0.29) is 0 Å². The molecule has 0 aliphatic rings. The van der Waals surface area contributed by atoms with Gasteiger partial charge in [-0.3, -0.25) is 0 Å². The number of thioether (sulfide) groups is 1. The summed E-state index contributed by atoms with van der Waals surface area (Å²) in [5.41, 5.74) is 0. The monoisotopic (exact) mass is 241 g/mol. The Morgan fingerprint density at radius 1 is 1.50 bits per heavy atom. The summed E-state index contributed by atoms with van der Waals surface area (Å²) < 4.78 is 0. The molecular formula is C12H23N3S. The van der Waals surface area contributed by atoms with Crippen LogP contribution in [0.4, 0.5) is 0 Å². The molecule has 0 saturated carbocycles. The van der Waals surface area contributed by atoms with Crippen molar-refractivity contribution in [2.45, 2.75) is 50.7 Å². The maximum absolute atomic E-state index is 4.17. The molecule has 0 saturated heterocycles. The van der Waals surface area contributed by atoms with Gasteiger partial charge in [-0.1, -0.05) is 37.9 Å². The van der Waals surface area contributed by atoms with E-state index < -0.39 is 0 Å². The predicted octanol–water partition coefficient (Wildman–Crippen LogP) is 3.06. The lowest BCUT2D eigenvalue weighted by Crippen LogP contribution is -2.28. The largest absolute Gasteiger partial charge is 0.340 e. The number of unbranched alkanes of at least 4 members (excludes halogenated alkanes) is 2. The van der Waals surface area contributed by atoms with Crippen molar-refractivity contribution in [3.8, 4) is 0 Å². The van der Waals surface area contributed by atoms with Gasteiger partial charge in [-0.2, -0.15) is 0 Å². The van der Waals surface area contributed by atoms with Crippen LogP contribution in [0, 0.1) is 0 Å². The minimum atomic E-state index is 0.642. The number of imidazole rings is 1. The summed E-state index contributed by atoms with van der Waals surface area (Å²) >= 11 is 1.77. The fourth-order valence-electron chi connectivity index (χ4n) is 1.59. The first-order valence-electron chi connectivity index (χ1n) is 6.18. The maximum atomic E-state index is 4.17. The van der Waals surface area contributed by atoms with Crippen LogP contribution >= 0.6 is 11.8 Å². The SMILES string of the molecule is CCCCCC(C)NCCSc1ncc[nH]1. The van der Waals surface area contributed by atoms with Gasteiger partial charge in [0, 0.05) is 30.7 Å². The zero-order chi connectivity index (χ0) is 11.6. The first-order chi connectivity index (χ1) is 7.83. The standard InChI is InChI=1S/C12H23N3S/c1-3-4-5-6-11(2)13-9-10-16-12-14-7-8-15-12/h7-8,11,13H,3-6,9-10H2,1-2H3,(H,14,15). The van der Waals surface area contributed by atoms with E-state index in [1.165, 1.54) is 25.7 Å². The van der Waals surface area contributed by atoms with Gasteiger partial charge in [0.2, 0.25) is 0 Å². The van der Waals surface area contributed by atoms with Crippen LogP contribution in [0.5, 0.6) is 0 Å². The van der Waals surface area contributed by atoms with Gasteiger partial charge in [0.05, 0.1) is 0 Å². The molecule has 0 amide bonds. The topological polar surface area (TPSA) is 40.7 Å². The lowest BCUT2D eigenvalue weighted by Gasteiger charge is -2.12. The van der Waals surface area contributed by atoms with Crippen LogP contribution in [-0.2, 0) is 0 Å². The van der Waals surface area contributed by atoms with E-state index in [1.807, 2.05) is 6.20 Å². The van der Waals surface area contributed by atoms with Crippen molar-refractivity contribution in [2.75, 3.05) is 12.3 Å². The number of H-pyrrole nitrogens is 1. The van der Waals surface area contributed by atoms with Crippen LogP contribution in [-0.4, -0.2) is 28.3 Å². The first-order valence-corrected chi connectivity index (χ1v) is 7.17. The Kier molecular flexibility index (Phi) is 7.34. The second-order valence-electron chi connectivity index (χ2n) is 4.09. The Bertz CT molecular complexity index is 249. The Morgan fingerprint density at radius 3 is 3.06 bits per heavy atom. The molecule has 0 fully saturated rings. The van der Waals surface area contributed by atoms with Crippen molar-refractivity contribution in [1.82, 2.24) is 15.3 Å². The highest BCUT2D eigenvalue weighted by atomic mass is 32.2. The minimum absolute atomic E-state index is 0.642. The summed E-state index contributed by atoms with van der Waals surface area (Å²) in [6, 6.07) is 0.642. The molecule has 3 nitrogen and oxygen atoms in total. The molecule has 1 heterocycles. The molecule has 0 aliphatic heterocycles. The molecule has 1 aromatic heterocycles. The summed E-state index contributed by atoms with van der Waals surface area (Å²) in [6.45, 7) is 5.57. The Hall–Kier alpha value is -0.480. The molecule has 0 spiro atoms. The van der Waals surface area contributed by atoms with Crippen molar-refractivity contribution in [2.24, 2.45) is 0 Å². The van der Waals surface area contributed by atoms with E-state index in [9.17, 15) is 0 Å². The number of rotatable bonds is 9. The van der Waals surface area contributed by atoms with E-state index in [2.05, 4.69) is 29.1 Å². The second-order valence-corrected chi connectivity index (χ2v) is 5.18.